The van der Waals surface area contributed by atoms with Gasteiger partial charge in [0.1, 0.15) is 0 Å². The average molecular weight is 177 g/mol. The third-order valence-corrected chi connectivity index (χ3v) is 2.71. The molecule has 0 saturated heterocycles. The number of nitrogens with zero attached hydrogens (tertiary/aromatic N) is 1. The number of aliphatic imine (C=N–C) groups is 1. The van der Waals surface area contributed by atoms with Gasteiger partial charge in [-0.1, -0.05) is 7.92 Å². The van der Waals surface area contributed by atoms with E-state index >= 15 is 0 Å². The molecular weight excluding hydrogens is 160 g/mol. The summed E-state index contributed by atoms with van der Waals surface area (Å²) >= 11 is 0. The molecule has 0 N–H and O–H groups in total. The minimum Gasteiger partial charge on any atom is -0.292 e. The summed E-state index contributed by atoms with van der Waals surface area (Å²) in [6.07, 6.45) is 1.29. The van der Waals surface area contributed by atoms with Gasteiger partial charge in [-0.15, -0.1) is 7.92 Å². The van der Waals surface area contributed by atoms with E-state index in [9.17, 15) is 0 Å². The summed E-state index contributed by atoms with van der Waals surface area (Å²) in [7, 11) is 0.346. The van der Waals surface area contributed by atoms with Crippen molar-refractivity contribution in [2.24, 2.45) is 4.99 Å². The standard InChI is InChI=1S/C7H17NP2/c1-9(2)6-5-8-7-10(3)4/h7H,5-6H2,1-4H3. The molecule has 0 bridgehead atoms. The third kappa shape index (κ3) is 8.53. The molecule has 0 aromatic rings. The summed E-state index contributed by atoms with van der Waals surface area (Å²) in [5.41, 5.74) is 0. The van der Waals surface area contributed by atoms with Crippen molar-refractivity contribution in [3.8, 4) is 0 Å². The van der Waals surface area contributed by atoms with Crippen molar-refractivity contribution in [1.29, 1.82) is 0 Å². The Kier molecular flexibility index (Phi) is 6.59. The summed E-state index contributed by atoms with van der Waals surface area (Å²) in [6, 6.07) is 0. The van der Waals surface area contributed by atoms with Crippen molar-refractivity contribution >= 4 is 21.8 Å². The second kappa shape index (κ2) is 6.25. The maximum absolute atomic E-state index is 4.33. The van der Waals surface area contributed by atoms with Gasteiger partial charge in [-0.3, -0.25) is 4.99 Å². The SMILES string of the molecule is CP(C)C=NCCP(C)C. The summed E-state index contributed by atoms with van der Waals surface area (Å²) < 4.78 is 0. The zero-order valence-corrected chi connectivity index (χ0v) is 9.12. The lowest BCUT2D eigenvalue weighted by Gasteiger charge is -2.00. The zero-order chi connectivity index (χ0) is 7.98. The molecule has 0 aromatic carbocycles. The Morgan fingerprint density at radius 3 is 2.20 bits per heavy atom. The van der Waals surface area contributed by atoms with E-state index in [0.717, 1.165) is 6.54 Å². The fraction of sp³-hybridized carbons (Fsp3) is 0.857. The van der Waals surface area contributed by atoms with Crippen LogP contribution in [0.1, 0.15) is 0 Å². The second-order valence-corrected chi connectivity index (χ2v) is 7.55. The molecule has 0 saturated carbocycles. The molecule has 0 aliphatic heterocycles. The van der Waals surface area contributed by atoms with Gasteiger partial charge in [0.2, 0.25) is 0 Å². The van der Waals surface area contributed by atoms with E-state index in [1.807, 2.05) is 0 Å². The predicted octanol–water partition coefficient (Wildman–Crippen LogP) is 2.50. The molecule has 0 heterocycles. The molecule has 60 valence electrons. The highest BCUT2D eigenvalue weighted by Crippen LogP contribution is 2.23. The minimum absolute atomic E-state index is 0.0842. The Morgan fingerprint density at radius 2 is 1.80 bits per heavy atom. The molecule has 0 spiro atoms. The van der Waals surface area contributed by atoms with Crippen molar-refractivity contribution in [1.82, 2.24) is 0 Å². The van der Waals surface area contributed by atoms with Gasteiger partial charge in [-0.2, -0.15) is 0 Å². The highest BCUT2D eigenvalue weighted by atomic mass is 31.1. The smallest absolute Gasteiger partial charge is 0.0428 e. The topological polar surface area (TPSA) is 12.4 Å². The molecule has 0 atom stereocenters. The zero-order valence-electron chi connectivity index (χ0n) is 7.33. The lowest BCUT2D eigenvalue weighted by molar-refractivity contribution is 1.15. The van der Waals surface area contributed by atoms with Crippen molar-refractivity contribution in [3.05, 3.63) is 0 Å². The van der Waals surface area contributed by atoms with E-state index in [0.29, 0.717) is 0 Å². The highest BCUT2D eigenvalue weighted by molar-refractivity contribution is 7.71. The van der Waals surface area contributed by atoms with Crippen LogP contribution in [0.5, 0.6) is 0 Å². The molecule has 0 amide bonds. The summed E-state index contributed by atoms with van der Waals surface area (Å²) in [4.78, 5) is 4.33. The van der Waals surface area contributed by atoms with E-state index in [2.05, 4.69) is 37.6 Å². The van der Waals surface area contributed by atoms with Crippen molar-refractivity contribution in [3.63, 3.8) is 0 Å². The fourth-order valence-electron chi connectivity index (χ4n) is 0.479. The van der Waals surface area contributed by atoms with Crippen LogP contribution in [-0.4, -0.2) is 45.3 Å². The predicted molar refractivity (Wildman–Crippen MR) is 55.8 cm³/mol. The molecule has 0 radical (unpaired) electrons. The first-order chi connectivity index (χ1) is 4.63. The van der Waals surface area contributed by atoms with Crippen LogP contribution < -0.4 is 0 Å². The Labute approximate surface area is 66.8 Å². The van der Waals surface area contributed by atoms with Crippen LogP contribution in [0.4, 0.5) is 0 Å². The molecule has 0 unspecified atom stereocenters. The lowest BCUT2D eigenvalue weighted by atomic mass is 10.8. The lowest BCUT2D eigenvalue weighted by Crippen LogP contribution is -1.86. The highest BCUT2D eigenvalue weighted by Gasteiger charge is 1.89. The van der Waals surface area contributed by atoms with E-state index in [1.54, 1.807) is 0 Å². The second-order valence-electron chi connectivity index (χ2n) is 2.79. The van der Waals surface area contributed by atoms with Crippen LogP contribution in [-0.2, 0) is 0 Å². The first-order valence-electron chi connectivity index (χ1n) is 3.44. The van der Waals surface area contributed by atoms with Crippen LogP contribution in [0.3, 0.4) is 0 Å². The third-order valence-electron chi connectivity index (χ3n) is 0.989. The Morgan fingerprint density at radius 1 is 1.20 bits per heavy atom. The van der Waals surface area contributed by atoms with Crippen molar-refractivity contribution < 1.29 is 0 Å². The molecule has 3 heteroatoms. The van der Waals surface area contributed by atoms with Gasteiger partial charge in [0, 0.05) is 12.5 Å². The maximum atomic E-state index is 4.33. The molecule has 0 aliphatic carbocycles. The fourth-order valence-corrected chi connectivity index (χ4v) is 1.44. The molecule has 1 nitrogen and oxygen atoms in total. The summed E-state index contributed by atoms with van der Waals surface area (Å²) in [6.45, 7) is 10.1. The number of hydrogen-bond donors (Lipinski definition) is 0. The van der Waals surface area contributed by atoms with Gasteiger partial charge in [0.25, 0.3) is 0 Å². The van der Waals surface area contributed by atoms with Gasteiger partial charge in [0.05, 0.1) is 0 Å². The average Bonchev–Trinajstić information content (AvgIpc) is 1.79. The van der Waals surface area contributed by atoms with Crippen LogP contribution in [0.15, 0.2) is 4.99 Å². The van der Waals surface area contributed by atoms with Gasteiger partial charge in [-0.25, -0.2) is 0 Å². The quantitative estimate of drug-likeness (QED) is 0.462. The van der Waals surface area contributed by atoms with Crippen molar-refractivity contribution in [2.75, 3.05) is 39.4 Å². The molecule has 0 aliphatic rings. The van der Waals surface area contributed by atoms with E-state index in [-0.39, 0.29) is 15.8 Å². The van der Waals surface area contributed by atoms with Gasteiger partial charge in [0.15, 0.2) is 0 Å². The van der Waals surface area contributed by atoms with Crippen LogP contribution in [0, 0.1) is 0 Å². The summed E-state index contributed by atoms with van der Waals surface area (Å²) in [5, 5.41) is 0. The van der Waals surface area contributed by atoms with Gasteiger partial charge in [-0.05, 0) is 32.8 Å². The van der Waals surface area contributed by atoms with Gasteiger partial charge >= 0.3 is 0 Å². The minimum atomic E-state index is 0.0842. The Bertz CT molecular complexity index is 99.8. The first-order valence-corrected chi connectivity index (χ1v) is 8.16. The monoisotopic (exact) mass is 177 g/mol. The normalized spacial score (nSPS) is 12.2. The molecule has 0 fully saturated rings. The van der Waals surface area contributed by atoms with E-state index in [4.69, 9.17) is 0 Å². The van der Waals surface area contributed by atoms with Crippen LogP contribution >= 0.6 is 15.8 Å². The van der Waals surface area contributed by atoms with Crippen molar-refractivity contribution in [2.45, 2.75) is 0 Å². The van der Waals surface area contributed by atoms with Gasteiger partial charge < -0.3 is 0 Å². The number of hydrogen-bond acceptors (Lipinski definition) is 1. The first kappa shape index (κ1) is 10.5. The van der Waals surface area contributed by atoms with E-state index in [1.165, 1.54) is 6.16 Å². The Hall–Kier alpha value is 0.530. The molecular formula is C7H17NP2. The summed E-state index contributed by atoms with van der Waals surface area (Å²) in [5.74, 6) is 2.11. The largest absolute Gasteiger partial charge is 0.292 e. The molecule has 0 aromatic heterocycles. The maximum Gasteiger partial charge on any atom is 0.0428 e. The Balaban J connectivity index is 3.19. The van der Waals surface area contributed by atoms with Crippen LogP contribution in [0.2, 0.25) is 0 Å². The molecule has 0 rings (SSSR count). The number of rotatable bonds is 4. The van der Waals surface area contributed by atoms with Crippen LogP contribution in [0.25, 0.3) is 0 Å². The van der Waals surface area contributed by atoms with E-state index < -0.39 is 0 Å². The molecule has 10 heavy (non-hydrogen) atoms.